The number of carboxylic acid groups (broad SMARTS) is 1. The number of aliphatic carboxylic acids is 1. The van der Waals surface area contributed by atoms with Gasteiger partial charge in [-0.1, -0.05) is 6.08 Å². The molecule has 6 heteroatoms. The second-order valence-corrected chi connectivity index (χ2v) is 4.95. The second kappa shape index (κ2) is 7.13. The van der Waals surface area contributed by atoms with Gasteiger partial charge in [-0.15, -0.1) is 0 Å². The third-order valence-corrected chi connectivity index (χ3v) is 2.00. The van der Waals surface area contributed by atoms with E-state index < -0.39 is 18.1 Å². The van der Waals surface area contributed by atoms with Gasteiger partial charge >= 0.3 is 5.97 Å². The Bertz CT molecular complexity index is 321. The summed E-state index contributed by atoms with van der Waals surface area (Å²) in [5.41, 5.74) is 5.36. The Balaban J connectivity index is 4.14. The Morgan fingerprint density at radius 2 is 2.00 bits per heavy atom. The molecule has 0 aromatic heterocycles. The van der Waals surface area contributed by atoms with Crippen LogP contribution in [0.15, 0.2) is 12.2 Å². The SMILES string of the molecule is C[C@@H](OC(C)(C)C)[C@H](N)C(=O)NC/C=C/C(=O)O. The first-order valence-corrected chi connectivity index (χ1v) is 5.74. The van der Waals surface area contributed by atoms with Crippen molar-refractivity contribution in [2.45, 2.75) is 45.4 Å². The van der Waals surface area contributed by atoms with Crippen molar-refractivity contribution >= 4 is 11.9 Å². The van der Waals surface area contributed by atoms with E-state index in [9.17, 15) is 9.59 Å². The standard InChI is InChI=1S/C12H22N2O4/c1-8(18-12(2,3)4)10(13)11(17)14-7-5-6-9(15)16/h5-6,8,10H,7,13H2,1-4H3,(H,14,17)(H,15,16)/b6-5+/t8-,10+/m1/s1. The highest BCUT2D eigenvalue weighted by Crippen LogP contribution is 2.12. The molecule has 18 heavy (non-hydrogen) atoms. The monoisotopic (exact) mass is 258 g/mol. The quantitative estimate of drug-likeness (QED) is 0.594. The van der Waals surface area contributed by atoms with E-state index in [-0.39, 0.29) is 18.1 Å². The summed E-state index contributed by atoms with van der Waals surface area (Å²) in [7, 11) is 0. The number of amides is 1. The van der Waals surface area contributed by atoms with E-state index in [4.69, 9.17) is 15.6 Å². The first-order chi connectivity index (χ1) is 8.13. The highest BCUT2D eigenvalue weighted by molar-refractivity contribution is 5.83. The maximum atomic E-state index is 11.6. The van der Waals surface area contributed by atoms with Gasteiger partial charge in [-0.2, -0.15) is 0 Å². The van der Waals surface area contributed by atoms with Crippen molar-refractivity contribution in [1.82, 2.24) is 5.32 Å². The second-order valence-electron chi connectivity index (χ2n) is 4.95. The van der Waals surface area contributed by atoms with Gasteiger partial charge in [-0.3, -0.25) is 4.79 Å². The van der Waals surface area contributed by atoms with Crippen molar-refractivity contribution in [3.05, 3.63) is 12.2 Å². The van der Waals surface area contributed by atoms with Gasteiger partial charge in [0.1, 0.15) is 6.04 Å². The van der Waals surface area contributed by atoms with Crippen molar-refractivity contribution in [3.63, 3.8) is 0 Å². The first-order valence-electron chi connectivity index (χ1n) is 5.74. The lowest BCUT2D eigenvalue weighted by Gasteiger charge is -2.28. The number of nitrogens with two attached hydrogens (primary N) is 1. The van der Waals surface area contributed by atoms with Crippen LogP contribution in [-0.2, 0) is 14.3 Å². The number of rotatable bonds is 6. The Morgan fingerprint density at radius 3 is 2.44 bits per heavy atom. The molecule has 0 radical (unpaired) electrons. The molecule has 0 aromatic rings. The topological polar surface area (TPSA) is 102 Å². The third-order valence-electron chi connectivity index (χ3n) is 2.00. The number of carbonyl (C=O) groups excluding carboxylic acids is 1. The van der Waals surface area contributed by atoms with Crippen LogP contribution in [0.4, 0.5) is 0 Å². The molecule has 0 aliphatic rings. The number of carbonyl (C=O) groups is 2. The number of nitrogens with one attached hydrogen (secondary N) is 1. The van der Waals surface area contributed by atoms with Crippen LogP contribution >= 0.6 is 0 Å². The van der Waals surface area contributed by atoms with Crippen LogP contribution < -0.4 is 11.1 Å². The van der Waals surface area contributed by atoms with E-state index in [1.165, 1.54) is 6.08 Å². The van der Waals surface area contributed by atoms with Gasteiger partial charge in [0.25, 0.3) is 0 Å². The molecule has 0 aliphatic carbocycles. The fourth-order valence-electron chi connectivity index (χ4n) is 1.28. The minimum absolute atomic E-state index is 0.126. The van der Waals surface area contributed by atoms with E-state index in [2.05, 4.69) is 5.32 Å². The maximum absolute atomic E-state index is 11.6. The summed E-state index contributed by atoms with van der Waals surface area (Å²) in [4.78, 5) is 21.8. The third kappa shape index (κ3) is 7.81. The normalized spacial score (nSPS) is 15.4. The minimum atomic E-state index is -1.06. The van der Waals surface area contributed by atoms with E-state index in [1.807, 2.05) is 20.8 Å². The van der Waals surface area contributed by atoms with Crippen LogP contribution in [0.25, 0.3) is 0 Å². The first kappa shape index (κ1) is 16.6. The lowest BCUT2D eigenvalue weighted by atomic mass is 10.1. The zero-order valence-electron chi connectivity index (χ0n) is 11.3. The molecule has 1 amide bonds. The maximum Gasteiger partial charge on any atom is 0.328 e. The molecule has 2 atom stereocenters. The van der Waals surface area contributed by atoms with Crippen molar-refractivity contribution in [3.8, 4) is 0 Å². The molecule has 4 N–H and O–H groups in total. The van der Waals surface area contributed by atoms with Crippen LogP contribution in [-0.4, -0.2) is 41.3 Å². The number of hydrogen-bond acceptors (Lipinski definition) is 4. The van der Waals surface area contributed by atoms with E-state index in [1.54, 1.807) is 6.92 Å². The summed E-state index contributed by atoms with van der Waals surface area (Å²) < 4.78 is 5.57. The average Bonchev–Trinajstić information content (AvgIpc) is 2.20. The van der Waals surface area contributed by atoms with Gasteiger partial charge in [-0.25, -0.2) is 4.79 Å². The van der Waals surface area contributed by atoms with Gasteiger partial charge in [-0.05, 0) is 27.7 Å². The summed E-state index contributed by atoms with van der Waals surface area (Å²) in [6.07, 6.45) is 1.87. The van der Waals surface area contributed by atoms with Gasteiger partial charge in [0, 0.05) is 12.6 Å². The average molecular weight is 258 g/mol. The predicted molar refractivity (Wildman–Crippen MR) is 68.1 cm³/mol. The van der Waals surface area contributed by atoms with Crippen LogP contribution in [0.5, 0.6) is 0 Å². The van der Waals surface area contributed by atoms with Crippen LogP contribution in [0.1, 0.15) is 27.7 Å². The fourth-order valence-corrected chi connectivity index (χ4v) is 1.28. The molecule has 0 bridgehead atoms. The number of ether oxygens (including phenoxy) is 1. The highest BCUT2D eigenvalue weighted by Gasteiger charge is 2.25. The fraction of sp³-hybridized carbons (Fsp3) is 0.667. The number of hydrogen-bond donors (Lipinski definition) is 3. The van der Waals surface area contributed by atoms with Crippen LogP contribution in [0, 0.1) is 0 Å². The van der Waals surface area contributed by atoms with E-state index >= 15 is 0 Å². The smallest absolute Gasteiger partial charge is 0.328 e. The summed E-state index contributed by atoms with van der Waals surface area (Å²) in [5.74, 6) is -1.43. The zero-order valence-corrected chi connectivity index (χ0v) is 11.3. The van der Waals surface area contributed by atoms with Crippen molar-refractivity contribution in [1.29, 1.82) is 0 Å². The predicted octanol–water partition coefficient (Wildman–Crippen LogP) is 0.274. The molecular formula is C12H22N2O4. The summed E-state index contributed by atoms with van der Waals surface area (Å²) in [5, 5.41) is 10.9. The van der Waals surface area contributed by atoms with Crippen molar-refractivity contribution in [2.24, 2.45) is 5.73 Å². The molecule has 0 aliphatic heterocycles. The Hall–Kier alpha value is -1.40. The Kier molecular flexibility index (Phi) is 6.57. The highest BCUT2D eigenvalue weighted by atomic mass is 16.5. The molecule has 0 saturated heterocycles. The number of carboxylic acids is 1. The zero-order chi connectivity index (χ0) is 14.3. The molecule has 0 saturated carbocycles. The van der Waals surface area contributed by atoms with E-state index in [0.717, 1.165) is 6.08 Å². The van der Waals surface area contributed by atoms with Crippen molar-refractivity contribution in [2.75, 3.05) is 6.54 Å². The molecule has 6 nitrogen and oxygen atoms in total. The van der Waals surface area contributed by atoms with Gasteiger partial charge in [0.15, 0.2) is 0 Å². The van der Waals surface area contributed by atoms with Gasteiger partial charge in [0.2, 0.25) is 5.91 Å². The lowest BCUT2D eigenvalue weighted by Crippen LogP contribution is -2.50. The largest absolute Gasteiger partial charge is 0.478 e. The lowest BCUT2D eigenvalue weighted by molar-refractivity contribution is -0.132. The molecule has 104 valence electrons. The van der Waals surface area contributed by atoms with E-state index in [0.29, 0.717) is 0 Å². The van der Waals surface area contributed by atoms with Gasteiger partial charge in [0.05, 0.1) is 11.7 Å². The Morgan fingerprint density at radius 1 is 1.44 bits per heavy atom. The molecule has 0 heterocycles. The molecule has 0 rings (SSSR count). The van der Waals surface area contributed by atoms with Crippen LogP contribution in [0.3, 0.4) is 0 Å². The molecule has 0 unspecified atom stereocenters. The van der Waals surface area contributed by atoms with Crippen LogP contribution in [0.2, 0.25) is 0 Å². The van der Waals surface area contributed by atoms with Crippen molar-refractivity contribution < 1.29 is 19.4 Å². The summed E-state index contributed by atoms with van der Waals surface area (Å²) in [6.45, 7) is 7.49. The summed E-state index contributed by atoms with van der Waals surface area (Å²) in [6, 6.07) is -0.789. The molecule has 0 fully saturated rings. The Labute approximate surface area is 107 Å². The molecular weight excluding hydrogens is 236 g/mol. The minimum Gasteiger partial charge on any atom is -0.478 e. The molecule has 0 spiro atoms. The molecule has 0 aromatic carbocycles. The summed E-state index contributed by atoms with van der Waals surface area (Å²) >= 11 is 0. The van der Waals surface area contributed by atoms with Gasteiger partial charge < -0.3 is 20.9 Å².